The van der Waals surface area contributed by atoms with Crippen LogP contribution in [0.5, 0.6) is 5.75 Å². The first-order valence-corrected chi connectivity index (χ1v) is 11.1. The molecule has 0 amide bonds. The third-order valence-corrected chi connectivity index (χ3v) is 5.98. The SMILES string of the molecule is Fc1ccc(-c2noc(CSc3nnc(COc4ccccc4Cl)n3C3CC3)n2)cc1. The Bertz CT molecular complexity index is 1190. The first-order chi connectivity index (χ1) is 15.2. The summed E-state index contributed by atoms with van der Waals surface area (Å²) in [7, 11) is 0. The predicted octanol–water partition coefficient (Wildman–Crippen LogP) is 5.33. The number of ether oxygens (including phenoxy) is 1. The highest BCUT2D eigenvalue weighted by Crippen LogP contribution is 2.39. The van der Waals surface area contributed by atoms with Crippen LogP contribution in [-0.4, -0.2) is 24.9 Å². The third-order valence-electron chi connectivity index (χ3n) is 4.74. The molecule has 1 aliphatic carbocycles. The van der Waals surface area contributed by atoms with E-state index in [4.69, 9.17) is 20.9 Å². The van der Waals surface area contributed by atoms with Crippen molar-refractivity contribution in [2.75, 3.05) is 0 Å². The van der Waals surface area contributed by atoms with Gasteiger partial charge in [0.05, 0.1) is 10.8 Å². The van der Waals surface area contributed by atoms with Crippen molar-refractivity contribution in [3.05, 3.63) is 71.1 Å². The average molecular weight is 458 g/mol. The van der Waals surface area contributed by atoms with E-state index in [0.717, 1.165) is 23.8 Å². The Labute approximate surface area is 186 Å². The third kappa shape index (κ3) is 4.57. The van der Waals surface area contributed by atoms with Crippen molar-refractivity contribution >= 4 is 23.4 Å². The van der Waals surface area contributed by atoms with Crippen LogP contribution in [0.25, 0.3) is 11.4 Å². The van der Waals surface area contributed by atoms with Crippen molar-refractivity contribution in [3.8, 4) is 17.1 Å². The molecular weight excluding hydrogens is 441 g/mol. The molecule has 2 heterocycles. The van der Waals surface area contributed by atoms with Gasteiger partial charge in [0.25, 0.3) is 0 Å². The van der Waals surface area contributed by atoms with Gasteiger partial charge in [-0.05, 0) is 49.2 Å². The fourth-order valence-electron chi connectivity index (χ4n) is 3.06. The smallest absolute Gasteiger partial charge is 0.237 e. The molecule has 0 N–H and O–H groups in total. The molecule has 0 aliphatic heterocycles. The molecule has 1 fully saturated rings. The van der Waals surface area contributed by atoms with Crippen molar-refractivity contribution in [3.63, 3.8) is 0 Å². The van der Waals surface area contributed by atoms with Crippen LogP contribution in [-0.2, 0) is 12.4 Å². The molecular formula is C21H17ClFN5O2S. The lowest BCUT2D eigenvalue weighted by Gasteiger charge is -2.10. The van der Waals surface area contributed by atoms with Gasteiger partial charge in [-0.3, -0.25) is 4.57 Å². The predicted molar refractivity (Wildman–Crippen MR) is 113 cm³/mol. The van der Waals surface area contributed by atoms with Crippen LogP contribution in [0.4, 0.5) is 4.39 Å². The molecule has 31 heavy (non-hydrogen) atoms. The van der Waals surface area contributed by atoms with Crippen LogP contribution >= 0.6 is 23.4 Å². The Morgan fingerprint density at radius 3 is 2.71 bits per heavy atom. The molecule has 0 unspecified atom stereocenters. The molecule has 158 valence electrons. The Morgan fingerprint density at radius 1 is 1.13 bits per heavy atom. The van der Waals surface area contributed by atoms with Crippen LogP contribution < -0.4 is 4.74 Å². The van der Waals surface area contributed by atoms with Gasteiger partial charge in [0.15, 0.2) is 11.0 Å². The van der Waals surface area contributed by atoms with Crippen molar-refractivity contribution in [2.24, 2.45) is 0 Å². The topological polar surface area (TPSA) is 78.9 Å². The van der Waals surface area contributed by atoms with Gasteiger partial charge in [0, 0.05) is 11.6 Å². The zero-order valence-corrected chi connectivity index (χ0v) is 17.8. The molecule has 0 saturated heterocycles. The van der Waals surface area contributed by atoms with E-state index in [1.54, 1.807) is 18.2 Å². The monoisotopic (exact) mass is 457 g/mol. The molecule has 2 aromatic carbocycles. The highest BCUT2D eigenvalue weighted by molar-refractivity contribution is 7.98. The van der Waals surface area contributed by atoms with E-state index in [1.807, 2.05) is 18.2 Å². The molecule has 0 radical (unpaired) electrons. The summed E-state index contributed by atoms with van der Waals surface area (Å²) in [6, 6.07) is 13.7. The zero-order chi connectivity index (χ0) is 21.2. The van der Waals surface area contributed by atoms with Crippen molar-refractivity contribution in [2.45, 2.75) is 36.4 Å². The van der Waals surface area contributed by atoms with Crippen LogP contribution in [0.2, 0.25) is 5.02 Å². The van der Waals surface area contributed by atoms with E-state index < -0.39 is 0 Å². The minimum atomic E-state index is -0.309. The summed E-state index contributed by atoms with van der Waals surface area (Å²) < 4.78 is 26.4. The second kappa shape index (κ2) is 8.68. The zero-order valence-electron chi connectivity index (χ0n) is 16.2. The second-order valence-electron chi connectivity index (χ2n) is 7.03. The molecule has 10 heteroatoms. The van der Waals surface area contributed by atoms with Crippen LogP contribution in [0, 0.1) is 5.82 Å². The Balaban J connectivity index is 1.27. The van der Waals surface area contributed by atoms with Gasteiger partial charge in [-0.15, -0.1) is 10.2 Å². The van der Waals surface area contributed by atoms with Gasteiger partial charge in [-0.1, -0.05) is 40.7 Å². The standard InChI is InChI=1S/C21H17ClFN5O2S/c22-16-3-1-2-4-17(16)29-11-18-25-26-21(28(18)15-9-10-15)31-12-19-24-20(27-30-19)13-5-7-14(23)8-6-13/h1-8,15H,9-12H2. The largest absolute Gasteiger partial charge is 0.484 e. The molecule has 4 aromatic rings. The number of nitrogens with zero attached hydrogens (tertiary/aromatic N) is 5. The fraction of sp³-hybridized carbons (Fsp3) is 0.238. The summed E-state index contributed by atoms with van der Waals surface area (Å²) in [6.45, 7) is 0.281. The maximum absolute atomic E-state index is 13.1. The first-order valence-electron chi connectivity index (χ1n) is 9.70. The van der Waals surface area contributed by atoms with Gasteiger partial charge < -0.3 is 9.26 Å². The molecule has 1 saturated carbocycles. The second-order valence-corrected chi connectivity index (χ2v) is 8.38. The number of benzene rings is 2. The number of rotatable bonds is 8. The minimum Gasteiger partial charge on any atom is -0.484 e. The Morgan fingerprint density at radius 2 is 1.94 bits per heavy atom. The van der Waals surface area contributed by atoms with E-state index in [9.17, 15) is 4.39 Å². The number of hydrogen-bond acceptors (Lipinski definition) is 7. The normalized spacial score (nSPS) is 13.5. The Kier molecular flexibility index (Phi) is 5.61. The quantitative estimate of drug-likeness (QED) is 0.331. The first kappa shape index (κ1) is 20.0. The van der Waals surface area contributed by atoms with E-state index >= 15 is 0 Å². The lowest BCUT2D eigenvalue weighted by Crippen LogP contribution is -2.07. The highest BCUT2D eigenvalue weighted by atomic mass is 35.5. The van der Waals surface area contributed by atoms with Gasteiger partial charge in [0.1, 0.15) is 18.2 Å². The van der Waals surface area contributed by atoms with Crippen molar-refractivity contribution in [1.29, 1.82) is 0 Å². The molecule has 0 spiro atoms. The molecule has 1 aliphatic rings. The molecule has 0 bridgehead atoms. The summed E-state index contributed by atoms with van der Waals surface area (Å²) in [5.74, 6) is 2.39. The fourth-order valence-corrected chi connectivity index (χ4v) is 4.12. The number of aromatic nitrogens is 5. The van der Waals surface area contributed by atoms with E-state index in [1.165, 1.54) is 23.9 Å². The van der Waals surface area contributed by atoms with Gasteiger partial charge in [0.2, 0.25) is 11.7 Å². The van der Waals surface area contributed by atoms with Crippen molar-refractivity contribution < 1.29 is 13.7 Å². The number of hydrogen-bond donors (Lipinski definition) is 0. The molecule has 2 aromatic heterocycles. The van der Waals surface area contributed by atoms with Gasteiger partial charge in [-0.2, -0.15) is 4.98 Å². The summed E-state index contributed by atoms with van der Waals surface area (Å²) in [4.78, 5) is 4.39. The molecule has 7 nitrogen and oxygen atoms in total. The number of halogens is 2. The lowest BCUT2D eigenvalue weighted by molar-refractivity contribution is 0.288. The average Bonchev–Trinajstić information content (AvgIpc) is 3.36. The summed E-state index contributed by atoms with van der Waals surface area (Å²) >= 11 is 7.64. The maximum atomic E-state index is 13.1. The summed E-state index contributed by atoms with van der Waals surface area (Å²) in [5, 5.41) is 14.0. The number of para-hydroxylation sites is 1. The van der Waals surface area contributed by atoms with Crippen LogP contribution in [0.15, 0.2) is 58.2 Å². The van der Waals surface area contributed by atoms with E-state index in [2.05, 4.69) is 24.9 Å². The van der Waals surface area contributed by atoms with E-state index in [-0.39, 0.29) is 12.4 Å². The minimum absolute atomic E-state index is 0.281. The molecule has 5 rings (SSSR count). The van der Waals surface area contributed by atoms with Gasteiger partial charge in [-0.25, -0.2) is 4.39 Å². The Hall–Kier alpha value is -2.91. The number of thioether (sulfide) groups is 1. The summed E-state index contributed by atoms with van der Waals surface area (Å²) in [6.07, 6.45) is 2.17. The van der Waals surface area contributed by atoms with Crippen molar-refractivity contribution in [1.82, 2.24) is 24.9 Å². The summed E-state index contributed by atoms with van der Waals surface area (Å²) in [5.41, 5.74) is 0.696. The highest BCUT2D eigenvalue weighted by Gasteiger charge is 2.30. The molecule has 0 atom stereocenters. The van der Waals surface area contributed by atoms with Crippen LogP contribution in [0.3, 0.4) is 0 Å². The lowest BCUT2D eigenvalue weighted by atomic mass is 10.2. The van der Waals surface area contributed by atoms with Gasteiger partial charge >= 0.3 is 0 Å². The van der Waals surface area contributed by atoms with Crippen LogP contribution in [0.1, 0.15) is 30.6 Å². The van der Waals surface area contributed by atoms with E-state index in [0.29, 0.717) is 39.8 Å². The maximum Gasteiger partial charge on any atom is 0.237 e.